The number of hydrogen-bond donors (Lipinski definition) is 1. The summed E-state index contributed by atoms with van der Waals surface area (Å²) in [6, 6.07) is 9.77. The topological polar surface area (TPSA) is 70.8 Å². The van der Waals surface area contributed by atoms with E-state index >= 15 is 0 Å². The van der Waals surface area contributed by atoms with E-state index in [1.54, 1.807) is 18.2 Å². The van der Waals surface area contributed by atoms with Crippen LogP contribution in [0.4, 0.5) is 20.4 Å². The van der Waals surface area contributed by atoms with Crippen LogP contribution in [0.5, 0.6) is 11.5 Å². The predicted molar refractivity (Wildman–Crippen MR) is 90.6 cm³/mol. The van der Waals surface area contributed by atoms with E-state index in [0.717, 1.165) is 12.1 Å². The largest absolute Gasteiger partial charge is 0.450 e. The first-order valence-corrected chi connectivity index (χ1v) is 7.76. The van der Waals surface area contributed by atoms with E-state index in [9.17, 15) is 8.78 Å². The van der Waals surface area contributed by atoms with Crippen LogP contribution in [-0.4, -0.2) is 9.97 Å². The number of aromatic nitrogens is 2. The lowest BCUT2D eigenvalue weighted by Gasteiger charge is -2.12. The van der Waals surface area contributed by atoms with Crippen molar-refractivity contribution in [3.8, 4) is 17.6 Å². The van der Waals surface area contributed by atoms with Crippen LogP contribution in [0.25, 0.3) is 0 Å². The van der Waals surface area contributed by atoms with Crippen LogP contribution in [0.1, 0.15) is 5.56 Å². The Morgan fingerprint density at radius 3 is 2.56 bits per heavy atom. The zero-order chi connectivity index (χ0) is 17.8. The molecule has 3 rings (SSSR count). The third-order valence-electron chi connectivity index (χ3n) is 3.07. The Bertz CT molecular complexity index is 958. The van der Waals surface area contributed by atoms with Gasteiger partial charge < -0.3 is 10.1 Å². The van der Waals surface area contributed by atoms with Crippen molar-refractivity contribution in [2.75, 3.05) is 5.32 Å². The molecule has 0 radical (unpaired) electrons. The molecule has 5 nitrogen and oxygen atoms in total. The van der Waals surface area contributed by atoms with Crippen LogP contribution >= 0.6 is 15.9 Å². The Kier molecular flexibility index (Phi) is 4.86. The second-order valence-corrected chi connectivity index (χ2v) is 5.76. The molecule has 1 aromatic carbocycles. The number of pyridine rings is 2. The number of ether oxygens (including phenoxy) is 1. The van der Waals surface area contributed by atoms with Gasteiger partial charge in [-0.2, -0.15) is 5.26 Å². The van der Waals surface area contributed by atoms with Gasteiger partial charge in [0.2, 0.25) is 0 Å². The number of nitrogens with zero attached hydrogens (tertiary/aromatic N) is 3. The SMILES string of the molecule is N#Cc1ccc(Nc2ncc(Br)cc2Oc2ccc(F)cc2F)nc1. The average molecular weight is 403 g/mol. The summed E-state index contributed by atoms with van der Waals surface area (Å²) in [6.07, 6.45) is 2.93. The van der Waals surface area contributed by atoms with Crippen molar-refractivity contribution in [1.82, 2.24) is 9.97 Å². The van der Waals surface area contributed by atoms with E-state index in [1.807, 2.05) is 6.07 Å². The van der Waals surface area contributed by atoms with E-state index in [4.69, 9.17) is 10.00 Å². The van der Waals surface area contributed by atoms with Gasteiger partial charge in [-0.15, -0.1) is 0 Å². The summed E-state index contributed by atoms with van der Waals surface area (Å²) in [5.41, 5.74) is 0.416. The molecule has 0 amide bonds. The number of hydrogen-bond acceptors (Lipinski definition) is 5. The molecule has 2 aromatic heterocycles. The number of nitrogens with one attached hydrogen (secondary N) is 1. The third-order valence-corrected chi connectivity index (χ3v) is 3.51. The number of rotatable bonds is 4. The molecule has 0 fully saturated rings. The Labute approximate surface area is 150 Å². The second kappa shape index (κ2) is 7.23. The number of benzene rings is 1. The Balaban J connectivity index is 1.90. The highest BCUT2D eigenvalue weighted by molar-refractivity contribution is 9.10. The van der Waals surface area contributed by atoms with Gasteiger partial charge in [0.15, 0.2) is 23.1 Å². The number of anilines is 2. The first-order chi connectivity index (χ1) is 12.0. The van der Waals surface area contributed by atoms with E-state index in [1.165, 1.54) is 18.5 Å². The highest BCUT2D eigenvalue weighted by atomic mass is 79.9. The molecular weight excluding hydrogens is 394 g/mol. The smallest absolute Gasteiger partial charge is 0.175 e. The van der Waals surface area contributed by atoms with Gasteiger partial charge in [0.1, 0.15) is 17.7 Å². The summed E-state index contributed by atoms with van der Waals surface area (Å²) in [4.78, 5) is 8.25. The molecule has 0 bridgehead atoms. The predicted octanol–water partition coefficient (Wildman–Crippen LogP) is 4.92. The lowest BCUT2D eigenvalue weighted by molar-refractivity contribution is 0.437. The minimum Gasteiger partial charge on any atom is -0.450 e. The Morgan fingerprint density at radius 1 is 1.04 bits per heavy atom. The average Bonchev–Trinajstić information content (AvgIpc) is 2.60. The van der Waals surface area contributed by atoms with Crippen molar-refractivity contribution in [2.45, 2.75) is 0 Å². The normalized spacial score (nSPS) is 10.2. The molecule has 1 N–H and O–H groups in total. The van der Waals surface area contributed by atoms with E-state index < -0.39 is 11.6 Å². The third kappa shape index (κ3) is 4.08. The van der Waals surface area contributed by atoms with Crippen molar-refractivity contribution in [3.63, 3.8) is 0 Å². The Morgan fingerprint density at radius 2 is 1.88 bits per heavy atom. The highest BCUT2D eigenvalue weighted by Crippen LogP contribution is 2.33. The maximum atomic E-state index is 13.8. The van der Waals surface area contributed by atoms with Crippen LogP contribution in [0.3, 0.4) is 0 Å². The minimum absolute atomic E-state index is 0.142. The first kappa shape index (κ1) is 16.8. The number of halogens is 3. The van der Waals surface area contributed by atoms with Crippen LogP contribution in [0.2, 0.25) is 0 Å². The molecular formula is C17H9BrF2N4O. The fourth-order valence-corrected chi connectivity index (χ4v) is 2.23. The molecule has 124 valence electrons. The zero-order valence-electron chi connectivity index (χ0n) is 12.5. The van der Waals surface area contributed by atoms with Gasteiger partial charge in [-0.1, -0.05) is 0 Å². The minimum atomic E-state index is -0.831. The lowest BCUT2D eigenvalue weighted by atomic mass is 10.3. The molecule has 8 heteroatoms. The summed E-state index contributed by atoms with van der Waals surface area (Å²) >= 11 is 3.27. The first-order valence-electron chi connectivity index (χ1n) is 6.97. The standard InChI is InChI=1S/C17H9BrF2N4O/c18-11-5-15(25-14-3-2-12(19)6-13(14)20)17(23-9-11)24-16-4-1-10(7-21)8-22-16/h1-6,8-9H,(H,22,23,24). The fraction of sp³-hybridized carbons (Fsp3) is 0. The molecule has 0 saturated carbocycles. The zero-order valence-corrected chi connectivity index (χ0v) is 14.1. The van der Waals surface area contributed by atoms with Gasteiger partial charge in [0.05, 0.1) is 5.56 Å². The monoisotopic (exact) mass is 402 g/mol. The molecule has 25 heavy (non-hydrogen) atoms. The summed E-state index contributed by atoms with van der Waals surface area (Å²) in [7, 11) is 0. The summed E-state index contributed by atoms with van der Waals surface area (Å²) in [5, 5.41) is 11.7. The van der Waals surface area contributed by atoms with Crippen LogP contribution in [0, 0.1) is 23.0 Å². The molecule has 3 aromatic rings. The van der Waals surface area contributed by atoms with Crippen molar-refractivity contribution in [2.24, 2.45) is 0 Å². The van der Waals surface area contributed by atoms with Crippen molar-refractivity contribution >= 4 is 27.6 Å². The summed E-state index contributed by atoms with van der Waals surface area (Å²) in [6.45, 7) is 0. The number of nitriles is 1. The maximum Gasteiger partial charge on any atom is 0.175 e. The molecule has 0 spiro atoms. The van der Waals surface area contributed by atoms with Crippen molar-refractivity contribution < 1.29 is 13.5 Å². The van der Waals surface area contributed by atoms with Crippen LogP contribution in [-0.2, 0) is 0 Å². The maximum absolute atomic E-state index is 13.8. The van der Waals surface area contributed by atoms with Crippen molar-refractivity contribution in [1.29, 1.82) is 5.26 Å². The molecule has 0 atom stereocenters. The van der Waals surface area contributed by atoms with Crippen LogP contribution < -0.4 is 10.1 Å². The molecule has 0 aliphatic rings. The molecule has 2 heterocycles. The molecule has 0 aliphatic heterocycles. The van der Waals surface area contributed by atoms with E-state index in [-0.39, 0.29) is 17.3 Å². The van der Waals surface area contributed by atoms with E-state index in [2.05, 4.69) is 31.2 Å². The second-order valence-electron chi connectivity index (χ2n) is 4.85. The highest BCUT2D eigenvalue weighted by Gasteiger charge is 2.12. The van der Waals surface area contributed by atoms with Gasteiger partial charge in [0.25, 0.3) is 0 Å². The van der Waals surface area contributed by atoms with Gasteiger partial charge in [-0.25, -0.2) is 18.7 Å². The van der Waals surface area contributed by atoms with E-state index in [0.29, 0.717) is 15.9 Å². The quantitative estimate of drug-likeness (QED) is 0.669. The Hall–Kier alpha value is -3.05. The van der Waals surface area contributed by atoms with Gasteiger partial charge in [-0.3, -0.25) is 0 Å². The van der Waals surface area contributed by atoms with Crippen LogP contribution in [0.15, 0.2) is 53.3 Å². The molecule has 0 aliphatic carbocycles. The van der Waals surface area contributed by atoms with Gasteiger partial charge in [0, 0.05) is 29.0 Å². The van der Waals surface area contributed by atoms with Gasteiger partial charge in [-0.05, 0) is 40.2 Å². The van der Waals surface area contributed by atoms with Gasteiger partial charge >= 0.3 is 0 Å². The molecule has 0 unspecified atom stereocenters. The molecule has 0 saturated heterocycles. The fourth-order valence-electron chi connectivity index (χ4n) is 1.92. The van der Waals surface area contributed by atoms with Crippen molar-refractivity contribution in [3.05, 3.63) is 70.5 Å². The lowest BCUT2D eigenvalue weighted by Crippen LogP contribution is -2.00. The summed E-state index contributed by atoms with van der Waals surface area (Å²) in [5.74, 6) is -0.745. The summed E-state index contributed by atoms with van der Waals surface area (Å²) < 4.78 is 33.0.